The number of hydrogen-bond acceptors (Lipinski definition) is 2. The molecule has 0 heterocycles. The number of methoxy groups -OCH3 is 1. The van der Waals surface area contributed by atoms with Gasteiger partial charge in [-0.1, -0.05) is 43.9 Å². The molecule has 1 N–H and O–H groups in total. The number of rotatable bonds is 6. The molecule has 2 rings (SSSR count). The van der Waals surface area contributed by atoms with Crippen LogP contribution >= 0.6 is 0 Å². The summed E-state index contributed by atoms with van der Waals surface area (Å²) in [5.41, 5.74) is 3.14. The van der Waals surface area contributed by atoms with E-state index in [9.17, 15) is 0 Å². The second-order valence-electron chi connectivity index (χ2n) is 6.33. The second-order valence-corrected chi connectivity index (χ2v) is 6.33. The molecule has 2 nitrogen and oxygen atoms in total. The van der Waals surface area contributed by atoms with E-state index in [1.807, 2.05) is 0 Å². The van der Waals surface area contributed by atoms with Crippen molar-refractivity contribution in [1.29, 1.82) is 0 Å². The van der Waals surface area contributed by atoms with Crippen LogP contribution < -0.4 is 10.1 Å². The number of nitrogens with one attached hydrogen (secondary N) is 1. The monoisotopic (exact) mass is 275 g/mol. The van der Waals surface area contributed by atoms with Crippen molar-refractivity contribution in [2.75, 3.05) is 20.2 Å². The van der Waals surface area contributed by atoms with Crippen LogP contribution in [0.4, 0.5) is 0 Å². The molecule has 0 saturated heterocycles. The molecule has 0 bridgehead atoms. The van der Waals surface area contributed by atoms with Crippen molar-refractivity contribution in [1.82, 2.24) is 5.32 Å². The van der Waals surface area contributed by atoms with Gasteiger partial charge in [0.25, 0.3) is 0 Å². The Labute approximate surface area is 123 Å². The van der Waals surface area contributed by atoms with Gasteiger partial charge >= 0.3 is 0 Å². The SMILES string of the molecule is CCNCC1(Cc2cc(C)ccc2OC)CCCCC1. The smallest absolute Gasteiger partial charge is 0.122 e. The van der Waals surface area contributed by atoms with Crippen LogP contribution in [0.25, 0.3) is 0 Å². The van der Waals surface area contributed by atoms with Crippen LogP contribution in [0.1, 0.15) is 50.2 Å². The Balaban J connectivity index is 2.20. The minimum Gasteiger partial charge on any atom is -0.496 e. The summed E-state index contributed by atoms with van der Waals surface area (Å²) >= 11 is 0. The Hall–Kier alpha value is -1.02. The zero-order valence-corrected chi connectivity index (χ0v) is 13.3. The summed E-state index contributed by atoms with van der Waals surface area (Å²) in [7, 11) is 1.78. The highest BCUT2D eigenvalue weighted by Gasteiger charge is 2.32. The Bertz CT molecular complexity index is 421. The lowest BCUT2D eigenvalue weighted by Gasteiger charge is -2.38. The normalized spacial score (nSPS) is 17.9. The highest BCUT2D eigenvalue weighted by Crippen LogP contribution is 2.40. The summed E-state index contributed by atoms with van der Waals surface area (Å²) in [5, 5.41) is 3.59. The van der Waals surface area contributed by atoms with Gasteiger partial charge in [0.15, 0.2) is 0 Å². The Kier molecular flexibility index (Phi) is 5.47. The van der Waals surface area contributed by atoms with Crippen molar-refractivity contribution < 1.29 is 4.74 Å². The third-order valence-corrected chi connectivity index (χ3v) is 4.67. The number of ether oxygens (including phenoxy) is 1. The zero-order valence-electron chi connectivity index (χ0n) is 13.3. The molecule has 0 aromatic heterocycles. The molecular formula is C18H29NO. The van der Waals surface area contributed by atoms with Gasteiger partial charge in [-0.05, 0) is 49.8 Å². The quantitative estimate of drug-likeness (QED) is 0.843. The molecule has 0 spiro atoms. The van der Waals surface area contributed by atoms with Crippen molar-refractivity contribution in [3.63, 3.8) is 0 Å². The largest absolute Gasteiger partial charge is 0.496 e. The summed E-state index contributed by atoms with van der Waals surface area (Å²) in [6, 6.07) is 6.57. The summed E-state index contributed by atoms with van der Waals surface area (Å²) in [4.78, 5) is 0. The van der Waals surface area contributed by atoms with Gasteiger partial charge in [0, 0.05) is 6.54 Å². The Morgan fingerprint density at radius 3 is 2.60 bits per heavy atom. The maximum absolute atomic E-state index is 5.57. The predicted molar refractivity (Wildman–Crippen MR) is 85.5 cm³/mol. The Morgan fingerprint density at radius 1 is 1.20 bits per heavy atom. The third kappa shape index (κ3) is 3.76. The molecule has 1 aliphatic carbocycles. The zero-order chi connectivity index (χ0) is 14.4. The van der Waals surface area contributed by atoms with E-state index in [1.54, 1.807) is 7.11 Å². The van der Waals surface area contributed by atoms with E-state index in [0.29, 0.717) is 5.41 Å². The van der Waals surface area contributed by atoms with Crippen LogP contribution in [0.3, 0.4) is 0 Å². The molecule has 0 atom stereocenters. The standard InChI is InChI=1S/C18H29NO/c1-4-19-14-18(10-6-5-7-11-18)13-16-12-15(2)8-9-17(16)20-3/h8-9,12,19H,4-7,10-11,13-14H2,1-3H3. The van der Waals surface area contributed by atoms with E-state index in [0.717, 1.165) is 25.3 Å². The maximum Gasteiger partial charge on any atom is 0.122 e. The maximum atomic E-state index is 5.57. The number of aryl methyl sites for hydroxylation is 1. The molecule has 0 aliphatic heterocycles. The summed E-state index contributed by atoms with van der Waals surface area (Å²) in [5.74, 6) is 1.05. The van der Waals surface area contributed by atoms with E-state index in [1.165, 1.54) is 43.2 Å². The van der Waals surface area contributed by atoms with Crippen LogP contribution in [0.5, 0.6) is 5.75 Å². The highest BCUT2D eigenvalue weighted by atomic mass is 16.5. The Morgan fingerprint density at radius 2 is 1.95 bits per heavy atom. The first-order valence-electron chi connectivity index (χ1n) is 8.03. The predicted octanol–water partition coefficient (Wildman–Crippen LogP) is 4.11. The van der Waals surface area contributed by atoms with Crippen molar-refractivity contribution in [2.45, 2.75) is 52.4 Å². The third-order valence-electron chi connectivity index (χ3n) is 4.67. The average molecular weight is 275 g/mol. The minimum absolute atomic E-state index is 0.426. The summed E-state index contributed by atoms with van der Waals surface area (Å²) in [6.45, 7) is 6.57. The van der Waals surface area contributed by atoms with Gasteiger partial charge in [0.2, 0.25) is 0 Å². The van der Waals surface area contributed by atoms with Crippen LogP contribution in [0, 0.1) is 12.3 Å². The van der Waals surface area contributed by atoms with Crippen LogP contribution in [0.15, 0.2) is 18.2 Å². The molecule has 1 saturated carbocycles. The molecule has 0 unspecified atom stereocenters. The van der Waals surface area contributed by atoms with Gasteiger partial charge in [0.1, 0.15) is 5.75 Å². The van der Waals surface area contributed by atoms with E-state index >= 15 is 0 Å². The van der Waals surface area contributed by atoms with E-state index < -0.39 is 0 Å². The molecule has 0 radical (unpaired) electrons. The molecule has 20 heavy (non-hydrogen) atoms. The topological polar surface area (TPSA) is 21.3 Å². The van der Waals surface area contributed by atoms with Crippen molar-refractivity contribution in [2.24, 2.45) is 5.41 Å². The van der Waals surface area contributed by atoms with E-state index in [4.69, 9.17) is 4.74 Å². The molecule has 0 amide bonds. The molecule has 1 aromatic rings. The lowest BCUT2D eigenvalue weighted by atomic mass is 9.70. The van der Waals surface area contributed by atoms with Crippen molar-refractivity contribution in [3.8, 4) is 5.75 Å². The van der Waals surface area contributed by atoms with Crippen molar-refractivity contribution in [3.05, 3.63) is 29.3 Å². The highest BCUT2D eigenvalue weighted by molar-refractivity contribution is 5.37. The molecule has 2 heteroatoms. The number of benzene rings is 1. The van der Waals surface area contributed by atoms with Gasteiger partial charge in [-0.2, -0.15) is 0 Å². The van der Waals surface area contributed by atoms with Gasteiger partial charge in [-0.15, -0.1) is 0 Å². The summed E-state index contributed by atoms with van der Waals surface area (Å²) in [6.07, 6.45) is 7.98. The second kappa shape index (κ2) is 7.12. The van der Waals surface area contributed by atoms with Crippen LogP contribution in [-0.4, -0.2) is 20.2 Å². The molecule has 1 aromatic carbocycles. The van der Waals surface area contributed by atoms with E-state index in [2.05, 4.69) is 37.4 Å². The van der Waals surface area contributed by atoms with Gasteiger partial charge < -0.3 is 10.1 Å². The minimum atomic E-state index is 0.426. The molecule has 1 aliphatic rings. The van der Waals surface area contributed by atoms with Crippen LogP contribution in [-0.2, 0) is 6.42 Å². The van der Waals surface area contributed by atoms with Crippen LogP contribution in [0.2, 0.25) is 0 Å². The lowest BCUT2D eigenvalue weighted by molar-refractivity contribution is 0.180. The van der Waals surface area contributed by atoms with Gasteiger partial charge in [-0.3, -0.25) is 0 Å². The fourth-order valence-corrected chi connectivity index (χ4v) is 3.56. The van der Waals surface area contributed by atoms with E-state index in [-0.39, 0.29) is 0 Å². The first-order valence-corrected chi connectivity index (χ1v) is 8.03. The number of hydrogen-bond donors (Lipinski definition) is 1. The molecule has 112 valence electrons. The summed E-state index contributed by atoms with van der Waals surface area (Å²) < 4.78 is 5.57. The van der Waals surface area contributed by atoms with Gasteiger partial charge in [0.05, 0.1) is 7.11 Å². The molecular weight excluding hydrogens is 246 g/mol. The fourth-order valence-electron chi connectivity index (χ4n) is 3.56. The van der Waals surface area contributed by atoms with Crippen molar-refractivity contribution >= 4 is 0 Å². The first kappa shape index (κ1) is 15.4. The van der Waals surface area contributed by atoms with Gasteiger partial charge in [-0.25, -0.2) is 0 Å². The first-order chi connectivity index (χ1) is 9.69. The fraction of sp³-hybridized carbons (Fsp3) is 0.667. The lowest BCUT2D eigenvalue weighted by Crippen LogP contribution is -2.38. The molecule has 1 fully saturated rings. The average Bonchev–Trinajstić information content (AvgIpc) is 2.46.